The molecule has 4 aromatic carbocycles. The molecule has 0 saturated carbocycles. The number of nitrogens with zero attached hydrogens (tertiary/aromatic N) is 4. The summed E-state index contributed by atoms with van der Waals surface area (Å²) in [6, 6.07) is 21.5. The Bertz CT molecular complexity index is 2600. The molecule has 0 fully saturated rings. The summed E-state index contributed by atoms with van der Waals surface area (Å²) >= 11 is 2.81. The molecule has 0 atom stereocenters. The summed E-state index contributed by atoms with van der Waals surface area (Å²) in [4.78, 5) is 9.01. The number of aromatic nitrogens is 4. The van der Waals surface area contributed by atoms with Gasteiger partial charge in [0.2, 0.25) is 20.0 Å². The molecule has 316 valence electrons. The van der Waals surface area contributed by atoms with Gasteiger partial charge in [-0.25, -0.2) is 36.2 Å². The van der Waals surface area contributed by atoms with E-state index in [1.165, 1.54) is 62.6 Å². The number of halogens is 7. The van der Waals surface area contributed by atoms with E-state index in [-0.39, 0.29) is 43.1 Å². The van der Waals surface area contributed by atoms with Gasteiger partial charge in [-0.15, -0.1) is 0 Å². The predicted octanol–water partition coefficient (Wildman–Crippen LogP) is 8.84. The Morgan fingerprint density at radius 3 is 1.63 bits per heavy atom. The molecular weight excluding hydrogens is 929 g/mol. The molecule has 0 saturated heterocycles. The number of hydrogen-bond acceptors (Lipinski definition) is 9. The van der Waals surface area contributed by atoms with Crippen LogP contribution < -0.4 is 15.2 Å². The lowest BCUT2D eigenvalue weighted by molar-refractivity contribution is -0.0337. The Morgan fingerprint density at radius 2 is 1.15 bits per heavy atom. The van der Waals surface area contributed by atoms with Crippen LogP contribution in [0.5, 0.6) is 0 Å². The molecule has 6 aromatic rings. The highest BCUT2D eigenvalue weighted by molar-refractivity contribution is 9.10. The molecule has 2 heterocycles. The molecule has 0 spiro atoms. The highest BCUT2D eigenvalue weighted by atomic mass is 79.9. The number of alkyl halides is 6. The first-order valence-corrected chi connectivity index (χ1v) is 22.1. The van der Waals surface area contributed by atoms with Crippen molar-refractivity contribution >= 4 is 65.2 Å². The van der Waals surface area contributed by atoms with Gasteiger partial charge in [-0.05, 0) is 116 Å². The molecule has 2 aromatic heterocycles. The first kappa shape index (κ1) is 47.4. The van der Waals surface area contributed by atoms with E-state index in [9.17, 15) is 43.2 Å². The van der Waals surface area contributed by atoms with Crippen molar-refractivity contribution in [2.24, 2.45) is 14.1 Å². The van der Waals surface area contributed by atoms with Crippen LogP contribution in [0.4, 0.5) is 32.0 Å². The minimum atomic E-state index is -4.36. The number of aryl methyl sites for hydroxylation is 2. The standard InChI is InChI=1S/C19H18F3N3O2S2.C11H14N4O2S.C7H4BrF3S/c1-23-29(26,27)16-7-6-14(17(10-16)18-11-25(2)12-24-18)8-13-4-3-5-15(9-13)28-19(20,21)22;1-13-18(16,17)8-3-4-10(12)9(5-8)11-6-15(2)7-14-11;8-5-2-1-3-6(4-5)12-7(9,10)11/h3-7,9-12,23H,8H2,1-2H3;3-7,13H,12H2,1-2H3;1-4H. The van der Waals surface area contributed by atoms with Crippen molar-refractivity contribution in [3.8, 4) is 22.5 Å². The molecule has 0 radical (unpaired) electrons. The summed E-state index contributed by atoms with van der Waals surface area (Å²) in [5.41, 5.74) is 1.64. The maximum Gasteiger partial charge on any atom is 0.446 e. The Hall–Kier alpha value is -4.32. The number of nitrogens with one attached hydrogen (secondary N) is 2. The lowest BCUT2D eigenvalue weighted by Crippen LogP contribution is -2.18. The Labute approximate surface area is 354 Å². The molecule has 6 rings (SSSR count). The van der Waals surface area contributed by atoms with Crippen LogP contribution in [-0.4, -0.2) is 61.0 Å². The molecular formula is C37H36BrF6N7O4S4. The first-order valence-electron chi connectivity index (χ1n) is 16.7. The third-order valence-electron chi connectivity index (χ3n) is 7.78. The summed E-state index contributed by atoms with van der Waals surface area (Å²) in [6.07, 6.45) is 7.09. The van der Waals surface area contributed by atoms with E-state index in [0.29, 0.717) is 44.7 Å². The van der Waals surface area contributed by atoms with Crippen molar-refractivity contribution in [3.05, 3.63) is 126 Å². The number of hydrogen-bond donors (Lipinski definition) is 3. The van der Waals surface area contributed by atoms with Crippen molar-refractivity contribution < 1.29 is 43.2 Å². The zero-order valence-corrected chi connectivity index (χ0v) is 36.2. The van der Waals surface area contributed by atoms with E-state index in [0.717, 1.165) is 5.56 Å². The lowest BCUT2D eigenvalue weighted by Gasteiger charge is -2.12. The Morgan fingerprint density at radius 1 is 0.678 bits per heavy atom. The number of thioether (sulfide) groups is 2. The minimum Gasteiger partial charge on any atom is -0.398 e. The molecule has 22 heteroatoms. The number of anilines is 1. The number of imidazole rings is 2. The van der Waals surface area contributed by atoms with Crippen LogP contribution in [-0.2, 0) is 40.6 Å². The van der Waals surface area contributed by atoms with Crippen molar-refractivity contribution in [2.75, 3.05) is 19.8 Å². The zero-order chi connectivity index (χ0) is 43.8. The number of nitrogen functional groups attached to an aromatic ring is 1. The fraction of sp³-hybridized carbons (Fsp3) is 0.189. The SMILES string of the molecule is CNS(=O)(=O)c1ccc(Cc2cccc(SC(F)(F)F)c2)c(-c2cn(C)cn2)c1.CNS(=O)(=O)c1ccc(N)c(-c2cn(C)cn2)c1.FC(F)(F)Sc1cccc(Br)c1. The third-order valence-corrected chi connectivity index (χ3v) is 12.5. The average molecular weight is 965 g/mol. The maximum atomic E-state index is 12.7. The molecule has 0 bridgehead atoms. The lowest BCUT2D eigenvalue weighted by atomic mass is 9.98. The van der Waals surface area contributed by atoms with Gasteiger partial charge in [-0.1, -0.05) is 40.2 Å². The van der Waals surface area contributed by atoms with Gasteiger partial charge in [0.25, 0.3) is 0 Å². The molecule has 4 N–H and O–H groups in total. The number of benzene rings is 4. The topological polar surface area (TPSA) is 154 Å². The highest BCUT2D eigenvalue weighted by Gasteiger charge is 2.30. The predicted molar refractivity (Wildman–Crippen MR) is 221 cm³/mol. The molecule has 0 unspecified atom stereocenters. The second-order valence-corrected chi connectivity index (χ2v) is 19.2. The second kappa shape index (κ2) is 19.8. The normalized spacial score (nSPS) is 12.0. The Balaban J connectivity index is 0.000000217. The van der Waals surface area contributed by atoms with Crippen molar-refractivity contribution in [3.63, 3.8) is 0 Å². The second-order valence-electron chi connectivity index (χ2n) is 12.2. The van der Waals surface area contributed by atoms with Gasteiger partial charge in [0, 0.05) is 57.6 Å². The van der Waals surface area contributed by atoms with Gasteiger partial charge in [-0.2, -0.15) is 26.3 Å². The quantitative estimate of drug-likeness (QED) is 0.0695. The van der Waals surface area contributed by atoms with Crippen LogP contribution in [0.3, 0.4) is 0 Å². The average Bonchev–Trinajstić information content (AvgIpc) is 3.79. The summed E-state index contributed by atoms with van der Waals surface area (Å²) in [5.74, 6) is 0. The highest BCUT2D eigenvalue weighted by Crippen LogP contribution is 2.38. The van der Waals surface area contributed by atoms with Gasteiger partial charge in [0.15, 0.2) is 0 Å². The van der Waals surface area contributed by atoms with Gasteiger partial charge in [-0.3, -0.25) is 0 Å². The molecule has 0 aliphatic rings. The van der Waals surface area contributed by atoms with Gasteiger partial charge in [0.1, 0.15) is 0 Å². The van der Waals surface area contributed by atoms with Crippen molar-refractivity contribution in [2.45, 2.75) is 37.0 Å². The molecule has 59 heavy (non-hydrogen) atoms. The fourth-order valence-electron chi connectivity index (χ4n) is 5.12. The van der Waals surface area contributed by atoms with E-state index in [2.05, 4.69) is 35.3 Å². The number of sulfonamides is 2. The van der Waals surface area contributed by atoms with E-state index in [4.69, 9.17) is 5.73 Å². The van der Waals surface area contributed by atoms with Crippen LogP contribution in [0.2, 0.25) is 0 Å². The summed E-state index contributed by atoms with van der Waals surface area (Å²) in [6.45, 7) is 0. The number of nitrogens with two attached hydrogens (primary N) is 1. The summed E-state index contributed by atoms with van der Waals surface area (Å²) in [7, 11) is -0.808. The van der Waals surface area contributed by atoms with Gasteiger partial charge in [0.05, 0.1) is 33.8 Å². The zero-order valence-electron chi connectivity index (χ0n) is 31.4. The van der Waals surface area contributed by atoms with Crippen LogP contribution in [0.1, 0.15) is 11.1 Å². The number of rotatable bonds is 10. The first-order chi connectivity index (χ1) is 27.5. The largest absolute Gasteiger partial charge is 0.446 e. The fourth-order valence-corrected chi connectivity index (χ4v) is 8.40. The summed E-state index contributed by atoms with van der Waals surface area (Å²) in [5, 5.41) is 0. The molecule has 0 amide bonds. The van der Waals surface area contributed by atoms with E-state index >= 15 is 0 Å². The van der Waals surface area contributed by atoms with Crippen LogP contribution in [0.25, 0.3) is 22.5 Å². The van der Waals surface area contributed by atoms with Crippen LogP contribution >= 0.6 is 39.5 Å². The van der Waals surface area contributed by atoms with Crippen LogP contribution in [0, 0.1) is 0 Å². The Kier molecular flexibility index (Phi) is 15.9. The van der Waals surface area contributed by atoms with Gasteiger partial charge < -0.3 is 14.9 Å². The maximum absolute atomic E-state index is 12.7. The third kappa shape index (κ3) is 14.4. The molecule has 0 aliphatic heterocycles. The van der Waals surface area contributed by atoms with E-state index in [1.807, 2.05) is 7.05 Å². The van der Waals surface area contributed by atoms with E-state index < -0.39 is 31.1 Å². The van der Waals surface area contributed by atoms with Crippen LogP contribution in [0.15, 0.2) is 134 Å². The summed E-state index contributed by atoms with van der Waals surface area (Å²) < 4.78 is 130. The minimum absolute atomic E-state index is 0.0887. The van der Waals surface area contributed by atoms with E-state index in [1.54, 1.807) is 77.6 Å². The van der Waals surface area contributed by atoms with Crippen molar-refractivity contribution in [1.82, 2.24) is 28.5 Å². The molecule has 0 aliphatic carbocycles. The van der Waals surface area contributed by atoms with Gasteiger partial charge >= 0.3 is 11.0 Å². The molecule has 11 nitrogen and oxygen atoms in total. The smallest absolute Gasteiger partial charge is 0.398 e. The van der Waals surface area contributed by atoms with Crippen molar-refractivity contribution in [1.29, 1.82) is 0 Å². The monoisotopic (exact) mass is 963 g/mol.